The summed E-state index contributed by atoms with van der Waals surface area (Å²) in [5, 5.41) is 3.55. The molecule has 1 heterocycles. The highest BCUT2D eigenvalue weighted by atomic mass is 32.2. The summed E-state index contributed by atoms with van der Waals surface area (Å²) < 4.78 is 0. The number of primary amides is 1. The van der Waals surface area contributed by atoms with Crippen LogP contribution in [0.3, 0.4) is 0 Å². The average Bonchev–Trinajstić information content (AvgIpc) is 2.80. The largest absolute Gasteiger partial charge is 0.366 e. The SMILES string of the molecule is CCS[C@@H]1CCCCN([C@@H](C)C(=O)Nc2ccc(C(N)=O)cc2)C1. The molecule has 0 saturated carbocycles. The van der Waals surface area contributed by atoms with Crippen LogP contribution in [-0.2, 0) is 4.79 Å². The number of hydrogen-bond acceptors (Lipinski definition) is 4. The third kappa shape index (κ3) is 5.24. The van der Waals surface area contributed by atoms with Gasteiger partial charge in [-0.3, -0.25) is 14.5 Å². The van der Waals surface area contributed by atoms with Gasteiger partial charge in [-0.25, -0.2) is 0 Å². The fourth-order valence-electron chi connectivity index (χ4n) is 2.98. The first-order valence-corrected chi connectivity index (χ1v) is 9.62. The number of thioether (sulfide) groups is 1. The zero-order valence-corrected chi connectivity index (χ0v) is 15.3. The predicted octanol–water partition coefficient (Wildman–Crippen LogP) is 2.72. The van der Waals surface area contributed by atoms with Gasteiger partial charge in [-0.1, -0.05) is 13.3 Å². The lowest BCUT2D eigenvalue weighted by molar-refractivity contribution is -0.120. The fraction of sp³-hybridized carbons (Fsp3) is 0.556. The third-order valence-electron chi connectivity index (χ3n) is 4.43. The molecule has 5 nitrogen and oxygen atoms in total. The molecule has 1 aliphatic heterocycles. The van der Waals surface area contributed by atoms with Crippen LogP contribution in [-0.4, -0.2) is 46.8 Å². The van der Waals surface area contributed by atoms with Gasteiger partial charge in [-0.05, 0) is 56.3 Å². The topological polar surface area (TPSA) is 75.4 Å². The number of anilines is 1. The molecule has 1 saturated heterocycles. The monoisotopic (exact) mass is 349 g/mol. The van der Waals surface area contributed by atoms with Crippen LogP contribution >= 0.6 is 11.8 Å². The van der Waals surface area contributed by atoms with Crippen molar-refractivity contribution in [2.24, 2.45) is 5.73 Å². The van der Waals surface area contributed by atoms with Gasteiger partial charge in [0.15, 0.2) is 0 Å². The van der Waals surface area contributed by atoms with Crippen molar-refractivity contribution >= 4 is 29.3 Å². The van der Waals surface area contributed by atoms with Crippen LogP contribution in [0.2, 0.25) is 0 Å². The zero-order chi connectivity index (χ0) is 17.5. The lowest BCUT2D eigenvalue weighted by Gasteiger charge is -2.29. The third-order valence-corrected chi connectivity index (χ3v) is 5.62. The molecular weight excluding hydrogens is 322 g/mol. The predicted molar refractivity (Wildman–Crippen MR) is 100 cm³/mol. The van der Waals surface area contributed by atoms with Gasteiger partial charge >= 0.3 is 0 Å². The molecule has 0 unspecified atom stereocenters. The van der Waals surface area contributed by atoms with E-state index in [9.17, 15) is 9.59 Å². The second kappa shape index (κ2) is 9.08. The van der Waals surface area contributed by atoms with Crippen molar-refractivity contribution in [1.82, 2.24) is 4.90 Å². The molecule has 1 fully saturated rings. The molecule has 24 heavy (non-hydrogen) atoms. The highest BCUT2D eigenvalue weighted by Crippen LogP contribution is 2.23. The van der Waals surface area contributed by atoms with Crippen molar-refractivity contribution in [3.63, 3.8) is 0 Å². The number of amides is 2. The quantitative estimate of drug-likeness (QED) is 0.828. The Kier molecular flexibility index (Phi) is 7.12. The van der Waals surface area contributed by atoms with Gasteiger partial charge in [0.05, 0.1) is 6.04 Å². The van der Waals surface area contributed by atoms with Gasteiger partial charge in [0, 0.05) is 23.0 Å². The molecule has 0 bridgehead atoms. The summed E-state index contributed by atoms with van der Waals surface area (Å²) in [5.41, 5.74) is 6.35. The second-order valence-electron chi connectivity index (χ2n) is 6.17. The number of nitrogens with zero attached hydrogens (tertiary/aromatic N) is 1. The van der Waals surface area contributed by atoms with Gasteiger partial charge in [0.2, 0.25) is 11.8 Å². The van der Waals surface area contributed by atoms with E-state index in [4.69, 9.17) is 5.73 Å². The Morgan fingerprint density at radius 3 is 2.67 bits per heavy atom. The molecule has 0 aliphatic carbocycles. The van der Waals surface area contributed by atoms with Crippen molar-refractivity contribution in [3.05, 3.63) is 29.8 Å². The van der Waals surface area contributed by atoms with E-state index < -0.39 is 5.91 Å². The zero-order valence-electron chi connectivity index (χ0n) is 14.5. The molecule has 2 atom stereocenters. The Morgan fingerprint density at radius 2 is 2.04 bits per heavy atom. The van der Waals surface area contributed by atoms with E-state index in [-0.39, 0.29) is 11.9 Å². The van der Waals surface area contributed by atoms with E-state index in [1.54, 1.807) is 24.3 Å². The number of carbonyl (C=O) groups is 2. The molecule has 0 spiro atoms. The minimum atomic E-state index is -0.467. The lowest BCUT2D eigenvalue weighted by Crippen LogP contribution is -2.44. The highest BCUT2D eigenvalue weighted by Gasteiger charge is 2.26. The first-order valence-electron chi connectivity index (χ1n) is 8.57. The van der Waals surface area contributed by atoms with Crippen LogP contribution in [0.5, 0.6) is 0 Å². The molecule has 0 radical (unpaired) electrons. The van der Waals surface area contributed by atoms with Gasteiger partial charge in [-0.2, -0.15) is 11.8 Å². The molecule has 1 aromatic carbocycles. The number of likely N-dealkylation sites (tertiary alicyclic amines) is 1. The highest BCUT2D eigenvalue weighted by molar-refractivity contribution is 7.99. The fourth-order valence-corrected chi connectivity index (χ4v) is 4.09. The maximum Gasteiger partial charge on any atom is 0.248 e. The van der Waals surface area contributed by atoms with E-state index >= 15 is 0 Å². The Bertz CT molecular complexity index is 562. The van der Waals surface area contributed by atoms with E-state index in [2.05, 4.69) is 17.1 Å². The van der Waals surface area contributed by atoms with Crippen LogP contribution in [0.25, 0.3) is 0 Å². The van der Waals surface area contributed by atoms with E-state index in [0.717, 1.165) is 25.3 Å². The molecule has 6 heteroatoms. The summed E-state index contributed by atoms with van der Waals surface area (Å²) >= 11 is 1.99. The van der Waals surface area contributed by atoms with Crippen LogP contribution in [0.1, 0.15) is 43.5 Å². The normalized spacial score (nSPS) is 20.2. The number of carbonyl (C=O) groups excluding carboxylic acids is 2. The number of nitrogens with two attached hydrogens (primary N) is 1. The lowest BCUT2D eigenvalue weighted by atomic mass is 10.2. The number of nitrogens with one attached hydrogen (secondary N) is 1. The number of hydrogen-bond donors (Lipinski definition) is 2. The van der Waals surface area contributed by atoms with Gasteiger partial charge in [-0.15, -0.1) is 0 Å². The standard InChI is InChI=1S/C18H27N3O2S/c1-3-24-16-6-4-5-11-21(12-16)13(2)18(23)20-15-9-7-14(8-10-15)17(19)22/h7-10,13,16H,3-6,11-12H2,1-2H3,(H2,19,22)(H,20,23)/t13-,16+/m0/s1. The van der Waals surface area contributed by atoms with Crippen molar-refractivity contribution in [1.29, 1.82) is 0 Å². The number of rotatable bonds is 6. The first kappa shape index (κ1) is 18.8. The van der Waals surface area contributed by atoms with Crippen molar-refractivity contribution in [2.45, 2.75) is 44.4 Å². The van der Waals surface area contributed by atoms with Crippen LogP contribution in [0, 0.1) is 0 Å². The molecule has 1 aromatic rings. The van der Waals surface area contributed by atoms with Gasteiger partial charge in [0.25, 0.3) is 0 Å². The summed E-state index contributed by atoms with van der Waals surface area (Å²) in [6, 6.07) is 6.51. The van der Waals surface area contributed by atoms with Crippen LogP contribution in [0.15, 0.2) is 24.3 Å². The Hall–Kier alpha value is -1.53. The van der Waals surface area contributed by atoms with Crippen molar-refractivity contribution in [3.8, 4) is 0 Å². The first-order chi connectivity index (χ1) is 11.5. The Labute approximate surface area is 148 Å². The van der Waals surface area contributed by atoms with Crippen molar-refractivity contribution < 1.29 is 9.59 Å². The second-order valence-corrected chi connectivity index (χ2v) is 7.75. The smallest absolute Gasteiger partial charge is 0.248 e. The van der Waals surface area contributed by atoms with Crippen molar-refractivity contribution in [2.75, 3.05) is 24.2 Å². The molecule has 2 amide bonds. The molecule has 3 N–H and O–H groups in total. The summed E-state index contributed by atoms with van der Waals surface area (Å²) in [5.74, 6) is 0.639. The summed E-state index contributed by atoms with van der Waals surface area (Å²) in [6.45, 7) is 6.08. The Balaban J connectivity index is 1.96. The van der Waals surface area contributed by atoms with E-state index in [1.807, 2.05) is 18.7 Å². The molecule has 132 valence electrons. The Morgan fingerprint density at radius 1 is 1.33 bits per heavy atom. The molecule has 0 aromatic heterocycles. The van der Waals surface area contributed by atoms with Crippen LogP contribution < -0.4 is 11.1 Å². The van der Waals surface area contributed by atoms with E-state index in [0.29, 0.717) is 16.5 Å². The van der Waals surface area contributed by atoms with E-state index in [1.165, 1.54) is 12.8 Å². The molecule has 1 aliphatic rings. The summed E-state index contributed by atoms with van der Waals surface area (Å²) in [6.07, 6.45) is 3.61. The summed E-state index contributed by atoms with van der Waals surface area (Å²) in [4.78, 5) is 25.9. The average molecular weight is 350 g/mol. The maximum atomic E-state index is 12.6. The minimum absolute atomic E-state index is 0.0102. The van der Waals surface area contributed by atoms with Crippen LogP contribution in [0.4, 0.5) is 5.69 Å². The minimum Gasteiger partial charge on any atom is -0.366 e. The molecular formula is C18H27N3O2S. The van der Waals surface area contributed by atoms with Gasteiger partial charge in [0.1, 0.15) is 0 Å². The van der Waals surface area contributed by atoms with Gasteiger partial charge < -0.3 is 11.1 Å². The summed E-state index contributed by atoms with van der Waals surface area (Å²) in [7, 11) is 0. The number of benzene rings is 1. The maximum absolute atomic E-state index is 12.6. The molecule has 2 rings (SSSR count).